The zero-order chi connectivity index (χ0) is 13.8. The molecule has 0 aromatic carbocycles. The van der Waals surface area contributed by atoms with Gasteiger partial charge in [-0.3, -0.25) is 4.90 Å². The fourth-order valence-electron chi connectivity index (χ4n) is 3.31. The van der Waals surface area contributed by atoms with Gasteiger partial charge >= 0.3 is 0 Å². The molecule has 0 bridgehead atoms. The Bertz CT molecular complexity index is 297. The molecule has 0 spiro atoms. The Labute approximate surface area is 123 Å². The standard InChI is InChI=1S/C16H30N2O2/c1-19-11-8-18(15-4-5-15)13-16(6-9-20-10-7-16)12-17-14-2-3-14/h14-15,17H,2-13H2,1H3. The largest absolute Gasteiger partial charge is 0.383 e. The van der Waals surface area contributed by atoms with E-state index in [1.165, 1.54) is 51.6 Å². The van der Waals surface area contributed by atoms with E-state index < -0.39 is 0 Å². The van der Waals surface area contributed by atoms with Gasteiger partial charge in [-0.15, -0.1) is 0 Å². The maximum Gasteiger partial charge on any atom is 0.0589 e. The Hall–Kier alpha value is -0.160. The summed E-state index contributed by atoms with van der Waals surface area (Å²) in [6.07, 6.45) is 7.94. The molecule has 0 aromatic rings. The van der Waals surface area contributed by atoms with Crippen LogP contribution in [0.1, 0.15) is 38.5 Å². The van der Waals surface area contributed by atoms with Crippen LogP contribution in [0.25, 0.3) is 0 Å². The lowest BCUT2D eigenvalue weighted by atomic mass is 9.79. The number of methoxy groups -OCH3 is 1. The lowest BCUT2D eigenvalue weighted by Crippen LogP contribution is -2.49. The molecule has 3 rings (SSSR count). The predicted molar refractivity (Wildman–Crippen MR) is 80.0 cm³/mol. The molecule has 0 radical (unpaired) electrons. The van der Waals surface area contributed by atoms with E-state index in [0.29, 0.717) is 5.41 Å². The SMILES string of the molecule is COCCN(CC1(CNC2CC2)CCOCC1)C1CC1. The summed E-state index contributed by atoms with van der Waals surface area (Å²) in [5.41, 5.74) is 0.428. The van der Waals surface area contributed by atoms with Gasteiger partial charge in [-0.05, 0) is 43.9 Å². The van der Waals surface area contributed by atoms with Crippen LogP contribution in [0.3, 0.4) is 0 Å². The van der Waals surface area contributed by atoms with E-state index in [1.54, 1.807) is 0 Å². The zero-order valence-corrected chi connectivity index (χ0v) is 12.9. The molecular weight excluding hydrogens is 252 g/mol. The van der Waals surface area contributed by atoms with Crippen LogP contribution >= 0.6 is 0 Å². The van der Waals surface area contributed by atoms with Gasteiger partial charge in [0.1, 0.15) is 0 Å². The second kappa shape index (κ2) is 6.73. The average Bonchev–Trinajstić information content (AvgIpc) is 3.36. The predicted octanol–water partition coefficient (Wildman–Crippen LogP) is 1.65. The molecule has 1 N–H and O–H groups in total. The van der Waals surface area contributed by atoms with Crippen LogP contribution < -0.4 is 5.32 Å². The second-order valence-electron chi connectivity index (χ2n) is 6.96. The van der Waals surface area contributed by atoms with Crippen molar-refractivity contribution in [3.05, 3.63) is 0 Å². The molecule has 3 aliphatic rings. The summed E-state index contributed by atoms with van der Waals surface area (Å²) in [5, 5.41) is 3.77. The number of hydrogen-bond acceptors (Lipinski definition) is 4. The highest BCUT2D eigenvalue weighted by atomic mass is 16.5. The molecule has 0 amide bonds. The quantitative estimate of drug-likeness (QED) is 0.697. The van der Waals surface area contributed by atoms with Gasteiger partial charge in [0.2, 0.25) is 0 Å². The van der Waals surface area contributed by atoms with E-state index in [-0.39, 0.29) is 0 Å². The molecule has 0 atom stereocenters. The number of nitrogens with one attached hydrogen (secondary N) is 1. The highest BCUT2D eigenvalue weighted by Gasteiger charge is 2.39. The molecular formula is C16H30N2O2. The van der Waals surface area contributed by atoms with Crippen molar-refractivity contribution in [2.45, 2.75) is 50.6 Å². The molecule has 0 aromatic heterocycles. The normalized spacial score (nSPS) is 26.1. The Morgan fingerprint density at radius 3 is 2.55 bits per heavy atom. The Balaban J connectivity index is 1.57. The summed E-state index contributed by atoms with van der Waals surface area (Å²) >= 11 is 0. The van der Waals surface area contributed by atoms with Crippen molar-refractivity contribution < 1.29 is 9.47 Å². The minimum Gasteiger partial charge on any atom is -0.383 e. The number of rotatable bonds is 9. The smallest absolute Gasteiger partial charge is 0.0589 e. The first-order valence-corrected chi connectivity index (χ1v) is 8.35. The summed E-state index contributed by atoms with van der Waals surface area (Å²) in [7, 11) is 1.81. The van der Waals surface area contributed by atoms with Crippen molar-refractivity contribution in [1.82, 2.24) is 10.2 Å². The van der Waals surface area contributed by atoms with Gasteiger partial charge in [0.05, 0.1) is 6.61 Å². The Morgan fingerprint density at radius 2 is 1.95 bits per heavy atom. The summed E-state index contributed by atoms with van der Waals surface area (Å²) in [6, 6.07) is 1.63. The monoisotopic (exact) mass is 282 g/mol. The van der Waals surface area contributed by atoms with Gasteiger partial charge in [0.25, 0.3) is 0 Å². The fraction of sp³-hybridized carbons (Fsp3) is 1.00. The van der Waals surface area contributed by atoms with Gasteiger partial charge < -0.3 is 14.8 Å². The maximum atomic E-state index is 5.62. The molecule has 4 nitrogen and oxygen atoms in total. The molecule has 2 saturated carbocycles. The van der Waals surface area contributed by atoms with E-state index >= 15 is 0 Å². The number of hydrogen-bond donors (Lipinski definition) is 1. The van der Waals surface area contributed by atoms with Gasteiger partial charge in [-0.1, -0.05) is 0 Å². The molecule has 1 saturated heterocycles. The van der Waals surface area contributed by atoms with Gasteiger partial charge in [-0.2, -0.15) is 0 Å². The average molecular weight is 282 g/mol. The molecule has 0 unspecified atom stereocenters. The van der Waals surface area contributed by atoms with E-state index in [4.69, 9.17) is 9.47 Å². The summed E-state index contributed by atoms with van der Waals surface area (Å²) < 4.78 is 10.9. The van der Waals surface area contributed by atoms with Crippen molar-refractivity contribution >= 4 is 0 Å². The summed E-state index contributed by atoms with van der Waals surface area (Å²) in [5.74, 6) is 0. The van der Waals surface area contributed by atoms with Crippen LogP contribution in [0.5, 0.6) is 0 Å². The van der Waals surface area contributed by atoms with Crippen molar-refractivity contribution in [3.63, 3.8) is 0 Å². The number of ether oxygens (including phenoxy) is 2. The van der Waals surface area contributed by atoms with Crippen molar-refractivity contribution in [2.75, 3.05) is 46.6 Å². The highest BCUT2D eigenvalue weighted by Crippen LogP contribution is 2.36. The third-order valence-corrected chi connectivity index (χ3v) is 5.08. The van der Waals surface area contributed by atoms with Gasteiger partial charge in [0, 0.05) is 52.0 Å². The highest BCUT2D eigenvalue weighted by molar-refractivity contribution is 4.94. The molecule has 4 heteroatoms. The summed E-state index contributed by atoms with van der Waals surface area (Å²) in [6.45, 7) is 6.23. The van der Waals surface area contributed by atoms with Crippen LogP contribution in [-0.2, 0) is 9.47 Å². The first-order chi connectivity index (χ1) is 9.81. The number of nitrogens with zero attached hydrogens (tertiary/aromatic N) is 1. The zero-order valence-electron chi connectivity index (χ0n) is 12.9. The van der Waals surface area contributed by atoms with Crippen molar-refractivity contribution in [2.24, 2.45) is 5.41 Å². The Morgan fingerprint density at radius 1 is 1.20 bits per heavy atom. The maximum absolute atomic E-state index is 5.62. The van der Waals surface area contributed by atoms with Crippen LogP contribution in [0.15, 0.2) is 0 Å². The molecule has 1 heterocycles. The molecule has 116 valence electrons. The molecule has 20 heavy (non-hydrogen) atoms. The van der Waals surface area contributed by atoms with Crippen LogP contribution in [0.2, 0.25) is 0 Å². The van der Waals surface area contributed by atoms with E-state index in [0.717, 1.165) is 38.4 Å². The van der Waals surface area contributed by atoms with Crippen LogP contribution in [-0.4, -0.2) is 63.5 Å². The third kappa shape index (κ3) is 4.17. The topological polar surface area (TPSA) is 33.7 Å². The molecule has 3 fully saturated rings. The summed E-state index contributed by atoms with van der Waals surface area (Å²) in [4.78, 5) is 2.68. The van der Waals surface area contributed by atoms with Gasteiger partial charge in [0.15, 0.2) is 0 Å². The third-order valence-electron chi connectivity index (χ3n) is 5.08. The minimum absolute atomic E-state index is 0.428. The lowest BCUT2D eigenvalue weighted by Gasteiger charge is -2.41. The van der Waals surface area contributed by atoms with Crippen LogP contribution in [0.4, 0.5) is 0 Å². The van der Waals surface area contributed by atoms with Gasteiger partial charge in [-0.25, -0.2) is 0 Å². The Kier molecular flexibility index (Phi) is 4.97. The minimum atomic E-state index is 0.428. The van der Waals surface area contributed by atoms with Crippen LogP contribution in [0, 0.1) is 5.41 Å². The van der Waals surface area contributed by atoms with E-state index in [2.05, 4.69) is 10.2 Å². The van der Waals surface area contributed by atoms with E-state index in [1.807, 2.05) is 7.11 Å². The second-order valence-corrected chi connectivity index (χ2v) is 6.96. The lowest BCUT2D eigenvalue weighted by molar-refractivity contribution is -0.00946. The van der Waals surface area contributed by atoms with Crippen molar-refractivity contribution in [3.8, 4) is 0 Å². The van der Waals surface area contributed by atoms with Crippen molar-refractivity contribution in [1.29, 1.82) is 0 Å². The van der Waals surface area contributed by atoms with E-state index in [9.17, 15) is 0 Å². The fourth-order valence-corrected chi connectivity index (χ4v) is 3.31. The molecule has 1 aliphatic heterocycles. The first kappa shape index (κ1) is 14.8. The first-order valence-electron chi connectivity index (χ1n) is 8.35. The molecule has 2 aliphatic carbocycles.